The molecule has 0 bridgehead atoms. The van der Waals surface area contributed by atoms with Gasteiger partial charge in [-0.2, -0.15) is 0 Å². The summed E-state index contributed by atoms with van der Waals surface area (Å²) in [5.41, 5.74) is 1.29. The van der Waals surface area contributed by atoms with Gasteiger partial charge in [0, 0.05) is 17.9 Å². The van der Waals surface area contributed by atoms with Gasteiger partial charge in [-0.15, -0.1) is 0 Å². The van der Waals surface area contributed by atoms with Crippen LogP contribution in [0.15, 0.2) is 18.2 Å². The summed E-state index contributed by atoms with van der Waals surface area (Å²) in [7, 11) is 0. The van der Waals surface area contributed by atoms with E-state index in [1.54, 1.807) is 0 Å². The molecule has 14 heavy (non-hydrogen) atoms. The third kappa shape index (κ3) is 1.35. The number of benzene rings is 1. The zero-order chi connectivity index (χ0) is 10.1. The summed E-state index contributed by atoms with van der Waals surface area (Å²) in [6.07, 6.45) is 1.46. The van der Waals surface area contributed by atoms with Crippen molar-refractivity contribution < 1.29 is 14.0 Å². The van der Waals surface area contributed by atoms with Crippen LogP contribution in [0.3, 0.4) is 0 Å². The van der Waals surface area contributed by atoms with Gasteiger partial charge >= 0.3 is 0 Å². The summed E-state index contributed by atoms with van der Waals surface area (Å²) < 4.78 is 12.8. The Morgan fingerprint density at radius 3 is 3.00 bits per heavy atom. The second-order valence-corrected chi connectivity index (χ2v) is 3.47. The number of carbonyl (C=O) groups excluding carboxylic acids is 2. The fourth-order valence-electron chi connectivity index (χ4n) is 1.86. The van der Waals surface area contributed by atoms with E-state index in [4.69, 9.17) is 0 Å². The Balaban J connectivity index is 2.35. The van der Waals surface area contributed by atoms with E-state index in [-0.39, 0.29) is 23.9 Å². The molecule has 0 heterocycles. The molecule has 0 fully saturated rings. The van der Waals surface area contributed by atoms with Crippen molar-refractivity contribution in [2.24, 2.45) is 5.92 Å². The van der Waals surface area contributed by atoms with Gasteiger partial charge in [0.2, 0.25) is 0 Å². The van der Waals surface area contributed by atoms with Crippen LogP contribution in [0, 0.1) is 11.7 Å². The molecular weight excluding hydrogens is 183 g/mol. The summed E-state index contributed by atoms with van der Waals surface area (Å²) in [4.78, 5) is 21.9. The predicted octanol–water partition coefficient (Wildman–Crippen LogP) is 1.77. The monoisotopic (exact) mass is 192 g/mol. The Kier molecular flexibility index (Phi) is 2.15. The van der Waals surface area contributed by atoms with Crippen LogP contribution in [-0.4, -0.2) is 12.1 Å². The van der Waals surface area contributed by atoms with E-state index in [0.29, 0.717) is 12.0 Å². The zero-order valence-electron chi connectivity index (χ0n) is 7.50. The van der Waals surface area contributed by atoms with E-state index in [9.17, 15) is 14.0 Å². The quantitative estimate of drug-likeness (QED) is 0.669. The van der Waals surface area contributed by atoms with E-state index in [1.165, 1.54) is 18.2 Å². The number of carbonyl (C=O) groups is 2. The SMILES string of the molecule is O=CCC1Cc2cc(F)ccc2C1=O. The molecule has 1 aliphatic rings. The standard InChI is InChI=1S/C11H9FO2/c12-9-1-2-10-8(6-9)5-7(3-4-13)11(10)14/h1-2,4,6-7H,3,5H2. The number of Topliss-reactive ketones (excluding diaryl/α,β-unsaturated/α-hetero) is 1. The minimum Gasteiger partial charge on any atom is -0.303 e. The fourth-order valence-corrected chi connectivity index (χ4v) is 1.86. The molecule has 0 aromatic heterocycles. The average molecular weight is 192 g/mol. The van der Waals surface area contributed by atoms with Crippen molar-refractivity contribution in [1.82, 2.24) is 0 Å². The molecule has 2 rings (SSSR count). The Morgan fingerprint density at radius 1 is 1.50 bits per heavy atom. The van der Waals surface area contributed by atoms with Crippen molar-refractivity contribution in [3.05, 3.63) is 35.1 Å². The molecule has 1 unspecified atom stereocenters. The fraction of sp³-hybridized carbons (Fsp3) is 0.273. The highest BCUT2D eigenvalue weighted by atomic mass is 19.1. The number of ketones is 1. The molecule has 0 saturated carbocycles. The molecule has 0 N–H and O–H groups in total. The van der Waals surface area contributed by atoms with Gasteiger partial charge in [0.15, 0.2) is 5.78 Å². The van der Waals surface area contributed by atoms with Gasteiger partial charge in [-0.3, -0.25) is 4.79 Å². The molecular formula is C11H9FO2. The van der Waals surface area contributed by atoms with Gasteiger partial charge in [-0.05, 0) is 30.2 Å². The van der Waals surface area contributed by atoms with Gasteiger partial charge in [0.25, 0.3) is 0 Å². The lowest BCUT2D eigenvalue weighted by molar-refractivity contribution is -0.108. The van der Waals surface area contributed by atoms with Crippen LogP contribution in [0.5, 0.6) is 0 Å². The third-order valence-electron chi connectivity index (χ3n) is 2.55. The van der Waals surface area contributed by atoms with Crippen molar-refractivity contribution in [3.8, 4) is 0 Å². The van der Waals surface area contributed by atoms with E-state index < -0.39 is 0 Å². The highest BCUT2D eigenvalue weighted by Gasteiger charge is 2.29. The molecule has 3 heteroatoms. The maximum Gasteiger partial charge on any atom is 0.166 e. The Morgan fingerprint density at radius 2 is 2.29 bits per heavy atom. The van der Waals surface area contributed by atoms with E-state index in [2.05, 4.69) is 0 Å². The van der Waals surface area contributed by atoms with E-state index in [1.807, 2.05) is 0 Å². The predicted molar refractivity (Wildman–Crippen MR) is 48.6 cm³/mol. The molecule has 0 spiro atoms. The van der Waals surface area contributed by atoms with Crippen LogP contribution in [-0.2, 0) is 11.2 Å². The topological polar surface area (TPSA) is 34.1 Å². The number of rotatable bonds is 2. The van der Waals surface area contributed by atoms with Crippen molar-refractivity contribution in [1.29, 1.82) is 0 Å². The molecule has 0 radical (unpaired) electrons. The summed E-state index contributed by atoms with van der Waals surface area (Å²) in [6, 6.07) is 4.15. The molecule has 1 atom stereocenters. The van der Waals surface area contributed by atoms with Crippen molar-refractivity contribution in [3.63, 3.8) is 0 Å². The van der Waals surface area contributed by atoms with Gasteiger partial charge in [0.05, 0.1) is 0 Å². The van der Waals surface area contributed by atoms with Gasteiger partial charge in [0.1, 0.15) is 12.1 Å². The lowest BCUT2D eigenvalue weighted by Crippen LogP contribution is -2.08. The van der Waals surface area contributed by atoms with Crippen LogP contribution in [0.1, 0.15) is 22.3 Å². The molecule has 0 saturated heterocycles. The maximum absolute atomic E-state index is 12.8. The molecule has 0 amide bonds. The van der Waals surface area contributed by atoms with Gasteiger partial charge in [-0.1, -0.05) is 0 Å². The van der Waals surface area contributed by atoms with Crippen LogP contribution in [0.25, 0.3) is 0 Å². The number of fused-ring (bicyclic) bond motifs is 1. The first kappa shape index (κ1) is 9.06. The number of hydrogen-bond acceptors (Lipinski definition) is 2. The van der Waals surface area contributed by atoms with Crippen LogP contribution >= 0.6 is 0 Å². The minimum atomic E-state index is -0.330. The lowest BCUT2D eigenvalue weighted by Gasteiger charge is -1.99. The van der Waals surface area contributed by atoms with E-state index in [0.717, 1.165) is 11.8 Å². The average Bonchev–Trinajstić information content (AvgIpc) is 2.44. The summed E-state index contributed by atoms with van der Waals surface area (Å²) >= 11 is 0. The molecule has 1 aromatic rings. The first-order valence-corrected chi connectivity index (χ1v) is 4.48. The van der Waals surface area contributed by atoms with Crippen LogP contribution < -0.4 is 0 Å². The summed E-state index contributed by atoms with van der Waals surface area (Å²) in [5.74, 6) is -0.639. The smallest absolute Gasteiger partial charge is 0.166 e. The Labute approximate surface area is 80.7 Å². The Hall–Kier alpha value is -1.51. The molecule has 2 nitrogen and oxygen atoms in total. The second-order valence-electron chi connectivity index (χ2n) is 3.47. The first-order chi connectivity index (χ1) is 6.72. The largest absolute Gasteiger partial charge is 0.303 e. The lowest BCUT2D eigenvalue weighted by atomic mass is 10.0. The third-order valence-corrected chi connectivity index (χ3v) is 2.55. The molecule has 0 aliphatic heterocycles. The first-order valence-electron chi connectivity index (χ1n) is 4.48. The van der Waals surface area contributed by atoms with Crippen molar-refractivity contribution >= 4 is 12.1 Å². The molecule has 1 aliphatic carbocycles. The molecule has 1 aromatic carbocycles. The highest BCUT2D eigenvalue weighted by Crippen LogP contribution is 2.28. The van der Waals surface area contributed by atoms with Crippen molar-refractivity contribution in [2.45, 2.75) is 12.8 Å². The minimum absolute atomic E-state index is 0.0351. The van der Waals surface area contributed by atoms with E-state index >= 15 is 0 Å². The Bertz CT molecular complexity index is 398. The molecule has 72 valence electrons. The normalized spacial score (nSPS) is 19.5. The van der Waals surface area contributed by atoms with Crippen LogP contribution in [0.2, 0.25) is 0 Å². The van der Waals surface area contributed by atoms with Gasteiger partial charge < -0.3 is 4.79 Å². The summed E-state index contributed by atoms with van der Waals surface area (Å²) in [5, 5.41) is 0. The van der Waals surface area contributed by atoms with Gasteiger partial charge in [-0.25, -0.2) is 4.39 Å². The highest BCUT2D eigenvalue weighted by molar-refractivity contribution is 6.03. The maximum atomic E-state index is 12.8. The van der Waals surface area contributed by atoms with Crippen LogP contribution in [0.4, 0.5) is 4.39 Å². The second kappa shape index (κ2) is 3.33. The summed E-state index contributed by atoms with van der Waals surface area (Å²) in [6.45, 7) is 0. The number of aldehydes is 1. The van der Waals surface area contributed by atoms with Crippen molar-refractivity contribution in [2.75, 3.05) is 0 Å². The number of hydrogen-bond donors (Lipinski definition) is 0. The zero-order valence-corrected chi connectivity index (χ0v) is 7.50. The number of halogens is 1.